The fourth-order valence-electron chi connectivity index (χ4n) is 2.98. The molecule has 0 amide bonds. The number of benzene rings is 1. The van der Waals surface area contributed by atoms with E-state index in [2.05, 4.69) is 38.6 Å². The summed E-state index contributed by atoms with van der Waals surface area (Å²) in [4.78, 5) is 13.1. The number of hydrogen-bond donors (Lipinski definition) is 3. The normalized spacial score (nSPS) is 12.4. The molecule has 2 heterocycles. The van der Waals surface area contributed by atoms with Crippen LogP contribution in [0.1, 0.15) is 25.3 Å². The van der Waals surface area contributed by atoms with Crippen LogP contribution < -0.4 is 15.4 Å². The Kier molecular flexibility index (Phi) is 8.89. The highest BCUT2D eigenvalue weighted by molar-refractivity contribution is 7.59. The highest BCUT2D eigenvalue weighted by Crippen LogP contribution is 2.26. The first-order valence-electron chi connectivity index (χ1n) is 9.63. The van der Waals surface area contributed by atoms with Gasteiger partial charge in [-0.3, -0.25) is 0 Å². The van der Waals surface area contributed by atoms with Gasteiger partial charge in [-0.25, -0.2) is 15.0 Å². The standard InChI is InChI=1S/C22H27N5O2.H2S/c1-15(18-6-4-5-7-20(18)29-3)11-23-22-10-19(25-14-26-22)17-8-9-21(24-12-17)27-16(2)13-28;/h4-10,12,14-16,28H,11,13H2,1-3H3,(H,24,27)(H,23,25,26);1H2/t15-,16+;/m1./s1. The third-order valence-corrected chi connectivity index (χ3v) is 4.65. The molecule has 3 N–H and O–H groups in total. The van der Waals surface area contributed by atoms with E-state index < -0.39 is 0 Å². The average Bonchev–Trinajstić information content (AvgIpc) is 2.78. The third-order valence-electron chi connectivity index (χ3n) is 4.65. The second-order valence-electron chi connectivity index (χ2n) is 6.97. The summed E-state index contributed by atoms with van der Waals surface area (Å²) in [6.07, 6.45) is 3.31. The maximum Gasteiger partial charge on any atom is 0.129 e. The maximum absolute atomic E-state index is 9.13. The smallest absolute Gasteiger partial charge is 0.129 e. The van der Waals surface area contributed by atoms with Crippen LogP contribution in [0.5, 0.6) is 5.75 Å². The van der Waals surface area contributed by atoms with Crippen molar-refractivity contribution in [1.82, 2.24) is 15.0 Å². The molecule has 0 bridgehead atoms. The number of aliphatic hydroxyl groups is 1. The van der Waals surface area contributed by atoms with E-state index in [9.17, 15) is 0 Å². The monoisotopic (exact) mass is 427 g/mol. The lowest BCUT2D eigenvalue weighted by Crippen LogP contribution is -2.19. The zero-order valence-electron chi connectivity index (χ0n) is 17.5. The Morgan fingerprint density at radius 2 is 1.83 bits per heavy atom. The van der Waals surface area contributed by atoms with Gasteiger partial charge in [-0.2, -0.15) is 13.5 Å². The second kappa shape index (κ2) is 11.4. The molecular weight excluding hydrogens is 398 g/mol. The Morgan fingerprint density at radius 3 is 2.53 bits per heavy atom. The van der Waals surface area contributed by atoms with Gasteiger partial charge in [0.1, 0.15) is 23.7 Å². The number of ether oxygens (including phenoxy) is 1. The van der Waals surface area contributed by atoms with Gasteiger partial charge in [-0.05, 0) is 30.7 Å². The average molecular weight is 428 g/mol. The van der Waals surface area contributed by atoms with Crippen LogP contribution in [0.25, 0.3) is 11.3 Å². The van der Waals surface area contributed by atoms with Gasteiger partial charge in [0.05, 0.1) is 19.4 Å². The zero-order valence-corrected chi connectivity index (χ0v) is 18.5. The number of para-hydroxylation sites is 1. The van der Waals surface area contributed by atoms with Crippen LogP contribution in [0.3, 0.4) is 0 Å². The van der Waals surface area contributed by atoms with E-state index in [1.807, 2.05) is 43.3 Å². The topological polar surface area (TPSA) is 92.2 Å². The molecule has 7 nitrogen and oxygen atoms in total. The van der Waals surface area contributed by atoms with Gasteiger partial charge in [-0.1, -0.05) is 25.1 Å². The summed E-state index contributed by atoms with van der Waals surface area (Å²) in [5, 5.41) is 15.6. The molecule has 2 atom stereocenters. The summed E-state index contributed by atoms with van der Waals surface area (Å²) in [5.74, 6) is 2.62. The molecule has 0 fully saturated rings. The minimum absolute atomic E-state index is 0. The molecule has 3 aromatic rings. The van der Waals surface area contributed by atoms with E-state index in [1.165, 1.54) is 0 Å². The van der Waals surface area contributed by atoms with Gasteiger partial charge in [0.25, 0.3) is 0 Å². The summed E-state index contributed by atoms with van der Waals surface area (Å²) >= 11 is 0. The van der Waals surface area contributed by atoms with Gasteiger partial charge in [0.2, 0.25) is 0 Å². The Labute approximate surface area is 184 Å². The predicted octanol–water partition coefficient (Wildman–Crippen LogP) is 3.67. The lowest BCUT2D eigenvalue weighted by molar-refractivity contribution is 0.281. The minimum atomic E-state index is -0.0477. The van der Waals surface area contributed by atoms with Crippen LogP contribution in [0.4, 0.5) is 11.6 Å². The van der Waals surface area contributed by atoms with Crippen LogP contribution >= 0.6 is 13.5 Å². The molecule has 0 aliphatic heterocycles. The molecule has 0 saturated heterocycles. The van der Waals surface area contributed by atoms with Gasteiger partial charge in [-0.15, -0.1) is 0 Å². The fraction of sp³-hybridized carbons (Fsp3) is 0.318. The molecule has 0 unspecified atom stereocenters. The third kappa shape index (κ3) is 6.08. The SMILES string of the molecule is COc1ccccc1[C@H](C)CNc1cc(-c2ccc(N[C@@H](C)CO)nc2)ncn1.S. The molecule has 30 heavy (non-hydrogen) atoms. The highest BCUT2D eigenvalue weighted by atomic mass is 32.1. The Balaban J connectivity index is 0.00000320. The molecule has 2 aromatic heterocycles. The van der Waals surface area contributed by atoms with Crippen molar-refractivity contribution in [2.24, 2.45) is 0 Å². The predicted molar refractivity (Wildman–Crippen MR) is 126 cm³/mol. The van der Waals surface area contributed by atoms with E-state index >= 15 is 0 Å². The second-order valence-corrected chi connectivity index (χ2v) is 6.97. The van der Waals surface area contributed by atoms with Crippen molar-refractivity contribution < 1.29 is 9.84 Å². The van der Waals surface area contributed by atoms with Crippen molar-refractivity contribution in [3.8, 4) is 17.0 Å². The number of hydrogen-bond acceptors (Lipinski definition) is 7. The van der Waals surface area contributed by atoms with Crippen LogP contribution in [0, 0.1) is 0 Å². The number of nitrogens with zero attached hydrogens (tertiary/aromatic N) is 3. The first-order chi connectivity index (χ1) is 14.1. The molecule has 0 saturated carbocycles. The number of anilines is 2. The van der Waals surface area contributed by atoms with Crippen LogP contribution in [-0.2, 0) is 0 Å². The van der Waals surface area contributed by atoms with Crippen LogP contribution in [-0.4, -0.2) is 46.4 Å². The van der Waals surface area contributed by atoms with Crippen LogP contribution in [0.15, 0.2) is 55.0 Å². The number of aromatic nitrogens is 3. The van der Waals surface area contributed by atoms with E-state index in [1.54, 1.807) is 19.6 Å². The molecule has 160 valence electrons. The molecule has 8 heteroatoms. The summed E-state index contributed by atoms with van der Waals surface area (Å²) in [7, 11) is 1.69. The van der Waals surface area contributed by atoms with Gasteiger partial charge in [0.15, 0.2) is 0 Å². The first-order valence-corrected chi connectivity index (χ1v) is 9.63. The van der Waals surface area contributed by atoms with Crippen molar-refractivity contribution in [2.45, 2.75) is 25.8 Å². The molecule has 3 rings (SSSR count). The van der Waals surface area contributed by atoms with E-state index in [4.69, 9.17) is 9.84 Å². The lowest BCUT2D eigenvalue weighted by atomic mass is 10.00. The quantitative estimate of drug-likeness (QED) is 0.480. The molecule has 0 spiro atoms. The first kappa shape index (κ1) is 23.4. The zero-order chi connectivity index (χ0) is 20.6. The van der Waals surface area contributed by atoms with Crippen LogP contribution in [0.2, 0.25) is 0 Å². The number of pyridine rings is 1. The van der Waals surface area contributed by atoms with E-state index in [0.717, 1.165) is 34.9 Å². The molecule has 0 aliphatic carbocycles. The minimum Gasteiger partial charge on any atom is -0.496 e. The molecule has 1 aromatic carbocycles. The number of aliphatic hydroxyl groups excluding tert-OH is 1. The van der Waals surface area contributed by atoms with Gasteiger partial charge < -0.3 is 20.5 Å². The molecule has 0 radical (unpaired) electrons. The number of methoxy groups -OCH3 is 1. The highest BCUT2D eigenvalue weighted by Gasteiger charge is 2.11. The summed E-state index contributed by atoms with van der Waals surface area (Å²) in [6.45, 7) is 4.81. The van der Waals surface area contributed by atoms with Crippen molar-refractivity contribution in [3.05, 3.63) is 60.6 Å². The fourth-order valence-corrected chi connectivity index (χ4v) is 2.98. The van der Waals surface area contributed by atoms with Crippen molar-refractivity contribution in [3.63, 3.8) is 0 Å². The number of nitrogens with one attached hydrogen (secondary N) is 2. The summed E-state index contributed by atoms with van der Waals surface area (Å²) < 4.78 is 5.46. The van der Waals surface area contributed by atoms with Crippen molar-refractivity contribution in [1.29, 1.82) is 0 Å². The van der Waals surface area contributed by atoms with Crippen molar-refractivity contribution in [2.75, 3.05) is 30.9 Å². The maximum atomic E-state index is 9.13. The molecule has 0 aliphatic rings. The largest absolute Gasteiger partial charge is 0.496 e. The lowest BCUT2D eigenvalue weighted by Gasteiger charge is -2.16. The van der Waals surface area contributed by atoms with Crippen molar-refractivity contribution >= 4 is 25.1 Å². The Morgan fingerprint density at radius 1 is 1.03 bits per heavy atom. The van der Waals surface area contributed by atoms with Gasteiger partial charge in [0, 0.05) is 36.3 Å². The Hall–Kier alpha value is -2.84. The molecular formula is C22H29N5O2S. The van der Waals surface area contributed by atoms with Gasteiger partial charge >= 0.3 is 0 Å². The summed E-state index contributed by atoms with van der Waals surface area (Å²) in [6, 6.07) is 13.7. The summed E-state index contributed by atoms with van der Waals surface area (Å²) in [5.41, 5.74) is 2.85. The van der Waals surface area contributed by atoms with E-state index in [-0.39, 0.29) is 32.1 Å². The Bertz CT molecular complexity index is 923. The number of rotatable bonds is 9. The van der Waals surface area contributed by atoms with E-state index in [0.29, 0.717) is 5.82 Å².